The van der Waals surface area contributed by atoms with Gasteiger partial charge in [-0.15, -0.1) is 0 Å². The quantitative estimate of drug-likeness (QED) is 0.673. The van der Waals surface area contributed by atoms with Crippen molar-refractivity contribution in [2.75, 3.05) is 12.8 Å². The Morgan fingerprint density at radius 2 is 1.46 bits per heavy atom. The van der Waals surface area contributed by atoms with E-state index in [1.54, 1.807) is 19.2 Å². The minimum absolute atomic E-state index is 0.760. The molecule has 0 saturated heterocycles. The van der Waals surface area contributed by atoms with Crippen molar-refractivity contribution >= 4 is 5.69 Å². The fourth-order valence-corrected chi connectivity index (χ4v) is 0.854. The third kappa shape index (κ3) is 3.83. The second kappa shape index (κ2) is 5.46. The third-order valence-corrected chi connectivity index (χ3v) is 2.12. The Labute approximate surface area is 79.7 Å². The number of hydrogen-bond donors (Lipinski definition) is 1. The molecule has 2 nitrogen and oxygen atoms in total. The van der Waals surface area contributed by atoms with Crippen LogP contribution in [-0.2, 0) is 0 Å². The summed E-state index contributed by atoms with van der Waals surface area (Å²) in [6.45, 7) is 0. The molecule has 1 saturated carbocycles. The summed E-state index contributed by atoms with van der Waals surface area (Å²) in [5, 5.41) is 0. The van der Waals surface area contributed by atoms with E-state index in [0.717, 1.165) is 11.4 Å². The molecule has 0 aromatic heterocycles. The van der Waals surface area contributed by atoms with Gasteiger partial charge in [-0.2, -0.15) is 0 Å². The zero-order chi connectivity index (χ0) is 9.52. The van der Waals surface area contributed by atoms with E-state index in [4.69, 9.17) is 10.5 Å². The average molecular weight is 179 g/mol. The molecule has 1 aromatic carbocycles. The molecule has 1 aliphatic rings. The van der Waals surface area contributed by atoms with E-state index >= 15 is 0 Å². The van der Waals surface area contributed by atoms with Crippen LogP contribution in [0.5, 0.6) is 5.75 Å². The van der Waals surface area contributed by atoms with E-state index in [2.05, 4.69) is 0 Å². The molecule has 0 amide bonds. The molecule has 1 fully saturated rings. The van der Waals surface area contributed by atoms with Crippen LogP contribution in [-0.4, -0.2) is 7.11 Å². The Kier molecular flexibility index (Phi) is 4.16. The van der Waals surface area contributed by atoms with E-state index in [0.29, 0.717) is 0 Å². The van der Waals surface area contributed by atoms with Gasteiger partial charge in [0.2, 0.25) is 0 Å². The van der Waals surface area contributed by atoms with E-state index in [-0.39, 0.29) is 0 Å². The van der Waals surface area contributed by atoms with Gasteiger partial charge in [-0.1, -0.05) is 25.7 Å². The summed E-state index contributed by atoms with van der Waals surface area (Å²) in [6.07, 6.45) is 6.00. The maximum Gasteiger partial charge on any atom is 0.119 e. The maximum absolute atomic E-state index is 5.43. The number of ether oxygens (including phenoxy) is 1. The van der Waals surface area contributed by atoms with Gasteiger partial charge in [0, 0.05) is 5.69 Å². The van der Waals surface area contributed by atoms with Gasteiger partial charge in [0.05, 0.1) is 7.11 Å². The summed E-state index contributed by atoms with van der Waals surface area (Å²) >= 11 is 0. The number of hydrogen-bond acceptors (Lipinski definition) is 2. The van der Waals surface area contributed by atoms with Crippen molar-refractivity contribution in [3.8, 4) is 5.75 Å². The van der Waals surface area contributed by atoms with Crippen molar-refractivity contribution in [3.63, 3.8) is 0 Å². The SMILES string of the molecule is C1CCC1.COc1ccc(N)cc1. The standard InChI is InChI=1S/C7H9NO.C4H8/c1-9-7-4-2-6(8)3-5-7;1-2-4-3-1/h2-5H,8H2,1H3;1-4H2. The van der Waals surface area contributed by atoms with Gasteiger partial charge in [0.15, 0.2) is 0 Å². The van der Waals surface area contributed by atoms with E-state index in [9.17, 15) is 0 Å². The second-order valence-electron chi connectivity index (χ2n) is 3.19. The van der Waals surface area contributed by atoms with E-state index in [1.165, 1.54) is 25.7 Å². The lowest BCUT2D eigenvalue weighted by Crippen LogP contribution is -1.85. The summed E-state index contributed by atoms with van der Waals surface area (Å²) in [4.78, 5) is 0. The molecule has 1 aliphatic carbocycles. The molecule has 0 heterocycles. The molecule has 0 aliphatic heterocycles. The highest BCUT2D eigenvalue weighted by Crippen LogP contribution is 2.15. The van der Waals surface area contributed by atoms with Crippen LogP contribution in [0, 0.1) is 0 Å². The minimum Gasteiger partial charge on any atom is -0.497 e. The molecule has 0 bridgehead atoms. The highest BCUT2D eigenvalue weighted by molar-refractivity contribution is 5.41. The number of rotatable bonds is 1. The molecule has 0 unspecified atom stereocenters. The smallest absolute Gasteiger partial charge is 0.119 e. The van der Waals surface area contributed by atoms with Crippen molar-refractivity contribution in [1.29, 1.82) is 0 Å². The zero-order valence-corrected chi connectivity index (χ0v) is 8.12. The van der Waals surface area contributed by atoms with Gasteiger partial charge >= 0.3 is 0 Å². The van der Waals surface area contributed by atoms with Crippen LogP contribution in [0.15, 0.2) is 24.3 Å². The van der Waals surface area contributed by atoms with Gasteiger partial charge in [-0.05, 0) is 24.3 Å². The van der Waals surface area contributed by atoms with Crippen LogP contribution in [0.4, 0.5) is 5.69 Å². The second-order valence-corrected chi connectivity index (χ2v) is 3.19. The first-order valence-electron chi connectivity index (χ1n) is 4.72. The number of methoxy groups -OCH3 is 1. The Hall–Kier alpha value is -1.18. The first-order valence-corrected chi connectivity index (χ1v) is 4.72. The topological polar surface area (TPSA) is 35.2 Å². The highest BCUT2D eigenvalue weighted by atomic mass is 16.5. The molecule has 1 aromatic rings. The van der Waals surface area contributed by atoms with Gasteiger partial charge in [-0.25, -0.2) is 0 Å². The lowest BCUT2D eigenvalue weighted by Gasteiger charge is -2.05. The molecule has 72 valence electrons. The molecule has 0 radical (unpaired) electrons. The summed E-state index contributed by atoms with van der Waals surface area (Å²) in [6, 6.07) is 7.27. The van der Waals surface area contributed by atoms with Crippen molar-refractivity contribution in [3.05, 3.63) is 24.3 Å². The van der Waals surface area contributed by atoms with Crippen molar-refractivity contribution in [1.82, 2.24) is 0 Å². The van der Waals surface area contributed by atoms with Gasteiger partial charge < -0.3 is 10.5 Å². The number of anilines is 1. The third-order valence-electron chi connectivity index (χ3n) is 2.12. The maximum atomic E-state index is 5.43. The largest absolute Gasteiger partial charge is 0.497 e. The van der Waals surface area contributed by atoms with Crippen molar-refractivity contribution < 1.29 is 4.74 Å². The van der Waals surface area contributed by atoms with Crippen LogP contribution >= 0.6 is 0 Å². The Bertz CT molecular complexity index is 222. The monoisotopic (exact) mass is 179 g/mol. The Morgan fingerprint density at radius 1 is 1.00 bits per heavy atom. The van der Waals surface area contributed by atoms with Crippen LogP contribution in [0.1, 0.15) is 25.7 Å². The van der Waals surface area contributed by atoms with Crippen LogP contribution in [0.2, 0.25) is 0 Å². The molecule has 2 heteroatoms. The number of benzene rings is 1. The first-order chi connectivity index (χ1) is 6.33. The fourth-order valence-electron chi connectivity index (χ4n) is 0.854. The Balaban J connectivity index is 0.000000175. The normalized spacial score (nSPS) is 13.6. The molecular formula is C11H17NO. The van der Waals surface area contributed by atoms with Crippen LogP contribution in [0.25, 0.3) is 0 Å². The summed E-state index contributed by atoms with van der Waals surface area (Å²) in [7, 11) is 1.63. The lowest BCUT2D eigenvalue weighted by molar-refractivity contribution is 0.415. The summed E-state index contributed by atoms with van der Waals surface area (Å²) in [5.41, 5.74) is 6.19. The number of nitrogens with two attached hydrogens (primary N) is 1. The van der Waals surface area contributed by atoms with Gasteiger partial charge in [-0.3, -0.25) is 0 Å². The molecule has 0 spiro atoms. The molecule has 13 heavy (non-hydrogen) atoms. The van der Waals surface area contributed by atoms with Crippen LogP contribution < -0.4 is 10.5 Å². The van der Waals surface area contributed by atoms with Crippen LogP contribution in [0.3, 0.4) is 0 Å². The molecular weight excluding hydrogens is 162 g/mol. The van der Waals surface area contributed by atoms with Crippen molar-refractivity contribution in [2.45, 2.75) is 25.7 Å². The summed E-state index contributed by atoms with van der Waals surface area (Å²) < 4.78 is 4.91. The predicted molar refractivity (Wildman–Crippen MR) is 55.9 cm³/mol. The number of nitrogen functional groups attached to an aromatic ring is 1. The molecule has 0 atom stereocenters. The summed E-state index contributed by atoms with van der Waals surface area (Å²) in [5.74, 6) is 0.837. The Morgan fingerprint density at radius 3 is 1.77 bits per heavy atom. The predicted octanol–water partition coefficient (Wildman–Crippen LogP) is 2.84. The minimum atomic E-state index is 0.760. The molecule has 2 rings (SSSR count). The lowest BCUT2D eigenvalue weighted by atomic mass is 10.0. The van der Waals surface area contributed by atoms with E-state index in [1.807, 2.05) is 12.1 Å². The fraction of sp³-hybridized carbons (Fsp3) is 0.455. The molecule has 2 N–H and O–H groups in total. The van der Waals surface area contributed by atoms with E-state index < -0.39 is 0 Å². The highest BCUT2D eigenvalue weighted by Gasteiger charge is 1.95. The van der Waals surface area contributed by atoms with Gasteiger partial charge in [0.1, 0.15) is 5.75 Å². The zero-order valence-electron chi connectivity index (χ0n) is 8.12. The van der Waals surface area contributed by atoms with Gasteiger partial charge in [0.25, 0.3) is 0 Å². The average Bonchev–Trinajstić information content (AvgIpc) is 2.03. The first kappa shape index (κ1) is 9.90. The van der Waals surface area contributed by atoms with Crippen molar-refractivity contribution in [2.24, 2.45) is 0 Å².